The molecule has 0 aromatic carbocycles. The number of thiol groups is 1. The fourth-order valence-electron chi connectivity index (χ4n) is 1.49. The van der Waals surface area contributed by atoms with E-state index in [0.717, 1.165) is 19.4 Å². The van der Waals surface area contributed by atoms with E-state index in [4.69, 9.17) is 4.74 Å². The van der Waals surface area contributed by atoms with Crippen LogP contribution in [-0.2, 0) is 15.6 Å². The molecule has 1 rings (SSSR count). The molecule has 0 aliphatic carbocycles. The Bertz CT molecular complexity index is 189. The highest BCUT2D eigenvalue weighted by Gasteiger charge is 2.19. The minimum atomic E-state index is -2.35. The lowest BCUT2D eigenvalue weighted by Crippen LogP contribution is -2.33. The Morgan fingerprint density at radius 3 is 2.42 bits per heavy atom. The first-order valence-electron chi connectivity index (χ1n) is 4.12. The Labute approximate surface area is 74.6 Å². The zero-order valence-corrected chi connectivity index (χ0v) is 8.13. The molecule has 0 aromatic rings. The molecule has 72 valence electrons. The zero-order valence-electron chi connectivity index (χ0n) is 7.23. The van der Waals surface area contributed by atoms with E-state index in [0.29, 0.717) is 19.0 Å². The van der Waals surface area contributed by atoms with Gasteiger partial charge in [-0.1, -0.05) is 0 Å². The second-order valence-corrected chi connectivity index (χ2v) is 4.13. The quantitative estimate of drug-likeness (QED) is 0.635. The predicted octanol–water partition coefficient (Wildman–Crippen LogP) is -0.129. The van der Waals surface area contributed by atoms with Crippen molar-refractivity contribution >= 4 is 10.9 Å². The predicted molar refractivity (Wildman–Crippen MR) is 46.5 cm³/mol. The summed E-state index contributed by atoms with van der Waals surface area (Å²) in [6.45, 7) is 2.07. The van der Waals surface area contributed by atoms with Crippen molar-refractivity contribution in [3.05, 3.63) is 0 Å². The number of rotatable bonds is 3. The molecule has 0 saturated carbocycles. The van der Waals surface area contributed by atoms with Crippen LogP contribution in [0.4, 0.5) is 0 Å². The Balaban J connectivity index is 2.29. The molecule has 5 heteroatoms. The van der Waals surface area contributed by atoms with Gasteiger partial charge in [-0.2, -0.15) is 0 Å². The van der Waals surface area contributed by atoms with E-state index in [1.54, 1.807) is 7.11 Å². The Morgan fingerprint density at radius 2 is 2.00 bits per heavy atom. The van der Waals surface area contributed by atoms with Gasteiger partial charge in [0, 0.05) is 26.8 Å². The molecule has 1 heterocycles. The maximum absolute atomic E-state index is 10.6. The van der Waals surface area contributed by atoms with Crippen LogP contribution in [0.15, 0.2) is 0 Å². The summed E-state index contributed by atoms with van der Waals surface area (Å²) in [5.41, 5.74) is 0. The highest BCUT2D eigenvalue weighted by atomic mass is 32.2. The number of methoxy groups -OCH3 is 1. The summed E-state index contributed by atoms with van der Waals surface area (Å²) in [7, 11) is -0.673. The molecule has 1 fully saturated rings. The van der Waals surface area contributed by atoms with Crippen molar-refractivity contribution in [1.82, 2.24) is 4.31 Å². The van der Waals surface area contributed by atoms with Gasteiger partial charge in [0.05, 0.1) is 0 Å². The number of nitrogens with zero attached hydrogens (tertiary/aromatic N) is 1. The van der Waals surface area contributed by atoms with E-state index >= 15 is 0 Å². The SMILES string of the molecule is COCC1CCN([SH](=O)=O)CC1. The normalized spacial score (nSPS) is 21.8. The highest BCUT2D eigenvalue weighted by Crippen LogP contribution is 2.16. The molecule has 0 amide bonds. The van der Waals surface area contributed by atoms with E-state index in [-0.39, 0.29) is 0 Å². The number of hydrogen-bond acceptors (Lipinski definition) is 3. The molecule has 1 aliphatic rings. The summed E-state index contributed by atoms with van der Waals surface area (Å²) in [5, 5.41) is 0. The monoisotopic (exact) mass is 193 g/mol. The van der Waals surface area contributed by atoms with Crippen molar-refractivity contribution in [2.45, 2.75) is 12.8 Å². The highest BCUT2D eigenvalue weighted by molar-refractivity contribution is 7.69. The van der Waals surface area contributed by atoms with Gasteiger partial charge < -0.3 is 4.74 Å². The van der Waals surface area contributed by atoms with Crippen LogP contribution in [0.25, 0.3) is 0 Å². The fourth-order valence-corrected chi connectivity index (χ4v) is 2.04. The molecule has 0 radical (unpaired) electrons. The van der Waals surface area contributed by atoms with Gasteiger partial charge in [-0.3, -0.25) is 0 Å². The van der Waals surface area contributed by atoms with E-state index in [1.165, 1.54) is 4.31 Å². The van der Waals surface area contributed by atoms with E-state index < -0.39 is 10.9 Å². The van der Waals surface area contributed by atoms with Gasteiger partial charge in [0.15, 0.2) is 0 Å². The van der Waals surface area contributed by atoms with Crippen molar-refractivity contribution in [1.29, 1.82) is 0 Å². The third-order valence-electron chi connectivity index (χ3n) is 2.22. The maximum Gasteiger partial charge on any atom is 0.203 e. The van der Waals surface area contributed by atoms with Crippen molar-refractivity contribution in [2.75, 3.05) is 26.8 Å². The molecule has 1 saturated heterocycles. The fraction of sp³-hybridized carbons (Fsp3) is 1.00. The van der Waals surface area contributed by atoms with Gasteiger partial charge >= 0.3 is 0 Å². The van der Waals surface area contributed by atoms with Crippen molar-refractivity contribution in [3.8, 4) is 0 Å². The Hall–Kier alpha value is -0.130. The molecule has 0 spiro atoms. The Morgan fingerprint density at radius 1 is 1.42 bits per heavy atom. The first-order valence-corrected chi connectivity index (χ1v) is 5.25. The maximum atomic E-state index is 10.6. The smallest absolute Gasteiger partial charge is 0.203 e. The molecular weight excluding hydrogens is 178 g/mol. The van der Waals surface area contributed by atoms with Crippen LogP contribution >= 0.6 is 0 Å². The standard InChI is InChI=1S/C7H15NO3S/c1-11-6-7-2-4-8(5-3-7)12(9)10/h7,12H,2-6H2,1H3. The summed E-state index contributed by atoms with van der Waals surface area (Å²) < 4.78 is 27.6. The third kappa shape index (κ3) is 2.73. The summed E-state index contributed by atoms with van der Waals surface area (Å²) in [6, 6.07) is 0. The van der Waals surface area contributed by atoms with Crippen LogP contribution in [0.2, 0.25) is 0 Å². The molecule has 0 aromatic heterocycles. The lowest BCUT2D eigenvalue weighted by molar-refractivity contribution is 0.122. The summed E-state index contributed by atoms with van der Waals surface area (Å²) in [4.78, 5) is 0. The van der Waals surface area contributed by atoms with Crippen molar-refractivity contribution < 1.29 is 13.2 Å². The molecule has 12 heavy (non-hydrogen) atoms. The van der Waals surface area contributed by atoms with Gasteiger partial charge in [0.1, 0.15) is 0 Å². The Kier molecular flexibility index (Phi) is 3.97. The summed E-state index contributed by atoms with van der Waals surface area (Å²) in [5.74, 6) is 0.543. The largest absolute Gasteiger partial charge is 0.384 e. The van der Waals surface area contributed by atoms with Crippen LogP contribution in [-0.4, -0.2) is 39.5 Å². The minimum absolute atomic E-state index is 0.543. The van der Waals surface area contributed by atoms with Gasteiger partial charge in [0.25, 0.3) is 0 Å². The van der Waals surface area contributed by atoms with E-state index in [9.17, 15) is 8.42 Å². The first kappa shape index (κ1) is 9.95. The van der Waals surface area contributed by atoms with Crippen LogP contribution in [0.3, 0.4) is 0 Å². The molecule has 0 atom stereocenters. The molecular formula is C7H15NO3S. The molecule has 0 bridgehead atoms. The molecule has 0 unspecified atom stereocenters. The second kappa shape index (κ2) is 4.79. The molecule has 0 N–H and O–H groups in total. The van der Waals surface area contributed by atoms with Gasteiger partial charge in [-0.05, 0) is 18.8 Å². The average molecular weight is 193 g/mol. The summed E-state index contributed by atoms with van der Waals surface area (Å²) in [6.07, 6.45) is 1.86. The number of hydrogen-bond donors (Lipinski definition) is 1. The minimum Gasteiger partial charge on any atom is -0.384 e. The first-order chi connectivity index (χ1) is 5.74. The number of ether oxygens (including phenoxy) is 1. The topological polar surface area (TPSA) is 46.6 Å². The molecule has 1 aliphatic heterocycles. The number of piperidine rings is 1. The molecule has 4 nitrogen and oxygen atoms in total. The van der Waals surface area contributed by atoms with Crippen molar-refractivity contribution in [3.63, 3.8) is 0 Å². The van der Waals surface area contributed by atoms with Gasteiger partial charge in [0.2, 0.25) is 10.9 Å². The van der Waals surface area contributed by atoms with Crippen LogP contribution in [0, 0.1) is 5.92 Å². The van der Waals surface area contributed by atoms with Gasteiger partial charge in [-0.25, -0.2) is 12.7 Å². The third-order valence-corrected chi connectivity index (χ3v) is 3.09. The van der Waals surface area contributed by atoms with Crippen LogP contribution in [0.1, 0.15) is 12.8 Å². The second-order valence-electron chi connectivity index (χ2n) is 3.09. The zero-order chi connectivity index (χ0) is 8.97. The van der Waals surface area contributed by atoms with Gasteiger partial charge in [-0.15, -0.1) is 0 Å². The summed E-state index contributed by atoms with van der Waals surface area (Å²) >= 11 is 0. The van der Waals surface area contributed by atoms with Crippen LogP contribution < -0.4 is 0 Å². The van der Waals surface area contributed by atoms with E-state index in [1.807, 2.05) is 0 Å². The van der Waals surface area contributed by atoms with Crippen LogP contribution in [0.5, 0.6) is 0 Å². The average Bonchev–Trinajstić information content (AvgIpc) is 2.06. The van der Waals surface area contributed by atoms with Crippen molar-refractivity contribution in [2.24, 2.45) is 5.92 Å². The van der Waals surface area contributed by atoms with E-state index in [2.05, 4.69) is 0 Å². The lowest BCUT2D eigenvalue weighted by atomic mass is 9.99. The lowest BCUT2D eigenvalue weighted by Gasteiger charge is -2.26.